The fourth-order valence-electron chi connectivity index (χ4n) is 3.43. The molecular formula is C18H28ClN3O2. The number of carbonyl (C=O) groups is 1. The van der Waals surface area contributed by atoms with Crippen LogP contribution in [-0.4, -0.2) is 55.7 Å². The fourth-order valence-corrected chi connectivity index (χ4v) is 3.43. The summed E-state index contributed by atoms with van der Waals surface area (Å²) in [4.78, 5) is 14.7. The Hall–Kier alpha value is -1.14. The highest BCUT2D eigenvalue weighted by molar-refractivity contribution is 5.85. The molecule has 2 aliphatic heterocycles. The van der Waals surface area contributed by atoms with Crippen LogP contribution in [0.5, 0.6) is 0 Å². The SMILES string of the molecule is CC(NC(=O)C1COCCN1)C1CCN(Cc2ccccc2)C1.Cl. The second-order valence-corrected chi connectivity index (χ2v) is 6.65. The molecule has 0 radical (unpaired) electrons. The lowest BCUT2D eigenvalue weighted by molar-refractivity contribution is -0.126. The van der Waals surface area contributed by atoms with Crippen LogP contribution in [0, 0.1) is 5.92 Å². The molecule has 1 aromatic rings. The molecule has 2 fully saturated rings. The van der Waals surface area contributed by atoms with Crippen molar-refractivity contribution in [3.8, 4) is 0 Å². The van der Waals surface area contributed by atoms with Crippen LogP contribution in [0.4, 0.5) is 0 Å². The highest BCUT2D eigenvalue weighted by Crippen LogP contribution is 2.21. The molecule has 2 aliphatic rings. The van der Waals surface area contributed by atoms with Gasteiger partial charge in [-0.3, -0.25) is 9.69 Å². The van der Waals surface area contributed by atoms with E-state index in [1.54, 1.807) is 0 Å². The normalized spacial score (nSPS) is 25.7. The van der Waals surface area contributed by atoms with E-state index >= 15 is 0 Å². The number of rotatable bonds is 5. The molecule has 24 heavy (non-hydrogen) atoms. The lowest BCUT2D eigenvalue weighted by atomic mass is 10.00. The van der Waals surface area contributed by atoms with Gasteiger partial charge in [-0.25, -0.2) is 0 Å². The average Bonchev–Trinajstić information content (AvgIpc) is 3.05. The lowest BCUT2D eigenvalue weighted by Gasteiger charge is -2.27. The summed E-state index contributed by atoms with van der Waals surface area (Å²) >= 11 is 0. The largest absolute Gasteiger partial charge is 0.378 e. The molecule has 1 amide bonds. The minimum absolute atomic E-state index is 0. The Labute approximate surface area is 150 Å². The number of morpholine rings is 1. The minimum atomic E-state index is -0.201. The first-order chi connectivity index (χ1) is 11.2. The Morgan fingerprint density at radius 2 is 2.21 bits per heavy atom. The predicted octanol–water partition coefficient (Wildman–Crippen LogP) is 1.42. The zero-order valence-corrected chi connectivity index (χ0v) is 15.1. The number of nitrogens with one attached hydrogen (secondary N) is 2. The van der Waals surface area contributed by atoms with Crippen molar-refractivity contribution < 1.29 is 9.53 Å². The van der Waals surface area contributed by atoms with Crippen LogP contribution in [0.25, 0.3) is 0 Å². The maximum absolute atomic E-state index is 12.3. The average molecular weight is 354 g/mol. The van der Waals surface area contributed by atoms with Crippen molar-refractivity contribution in [3.05, 3.63) is 35.9 Å². The van der Waals surface area contributed by atoms with Crippen LogP contribution < -0.4 is 10.6 Å². The number of likely N-dealkylation sites (tertiary alicyclic amines) is 1. The molecule has 0 bridgehead atoms. The van der Waals surface area contributed by atoms with E-state index in [0.29, 0.717) is 19.1 Å². The molecule has 0 aromatic heterocycles. The third kappa shape index (κ3) is 5.18. The fraction of sp³-hybridized carbons (Fsp3) is 0.611. The number of benzene rings is 1. The van der Waals surface area contributed by atoms with Crippen LogP contribution in [-0.2, 0) is 16.1 Å². The van der Waals surface area contributed by atoms with Crippen LogP contribution in [0.2, 0.25) is 0 Å². The van der Waals surface area contributed by atoms with E-state index in [2.05, 4.69) is 52.8 Å². The van der Waals surface area contributed by atoms with Crippen molar-refractivity contribution in [2.45, 2.75) is 32.0 Å². The molecule has 2 saturated heterocycles. The molecule has 2 N–H and O–H groups in total. The van der Waals surface area contributed by atoms with Crippen LogP contribution in [0.15, 0.2) is 30.3 Å². The molecule has 3 unspecified atom stereocenters. The molecule has 5 nitrogen and oxygen atoms in total. The van der Waals surface area contributed by atoms with Gasteiger partial charge in [-0.1, -0.05) is 30.3 Å². The van der Waals surface area contributed by atoms with Gasteiger partial charge in [0.25, 0.3) is 0 Å². The Bertz CT molecular complexity index is 508. The molecule has 3 rings (SSSR count). The summed E-state index contributed by atoms with van der Waals surface area (Å²) in [6, 6.07) is 10.6. The first kappa shape index (κ1) is 19.2. The second-order valence-electron chi connectivity index (χ2n) is 6.65. The third-order valence-corrected chi connectivity index (χ3v) is 4.87. The van der Waals surface area contributed by atoms with E-state index < -0.39 is 0 Å². The zero-order valence-electron chi connectivity index (χ0n) is 14.2. The Morgan fingerprint density at radius 1 is 1.42 bits per heavy atom. The van der Waals surface area contributed by atoms with Gasteiger partial charge in [-0.05, 0) is 31.4 Å². The van der Waals surface area contributed by atoms with Gasteiger partial charge in [-0.2, -0.15) is 0 Å². The van der Waals surface area contributed by atoms with Gasteiger partial charge in [-0.15, -0.1) is 12.4 Å². The molecule has 6 heteroatoms. The quantitative estimate of drug-likeness (QED) is 0.840. The van der Waals surface area contributed by atoms with E-state index in [9.17, 15) is 4.79 Å². The molecule has 2 heterocycles. The highest BCUT2D eigenvalue weighted by atomic mass is 35.5. The summed E-state index contributed by atoms with van der Waals surface area (Å²) in [6.07, 6.45) is 1.14. The molecule has 1 aromatic carbocycles. The number of hydrogen-bond acceptors (Lipinski definition) is 4. The second kappa shape index (κ2) is 9.37. The smallest absolute Gasteiger partial charge is 0.239 e. The lowest BCUT2D eigenvalue weighted by Crippen LogP contribution is -2.54. The number of halogens is 1. The highest BCUT2D eigenvalue weighted by Gasteiger charge is 2.30. The van der Waals surface area contributed by atoms with Gasteiger partial charge < -0.3 is 15.4 Å². The maximum Gasteiger partial charge on any atom is 0.239 e. The number of amides is 1. The molecule has 0 saturated carbocycles. The first-order valence-electron chi connectivity index (χ1n) is 8.60. The Kier molecular flexibility index (Phi) is 7.49. The summed E-state index contributed by atoms with van der Waals surface area (Å²) in [6.45, 7) is 7.18. The van der Waals surface area contributed by atoms with Crippen molar-refractivity contribution >= 4 is 18.3 Å². The summed E-state index contributed by atoms with van der Waals surface area (Å²) in [7, 11) is 0. The van der Waals surface area contributed by atoms with Crippen molar-refractivity contribution in [1.29, 1.82) is 0 Å². The van der Waals surface area contributed by atoms with Crippen LogP contribution >= 0.6 is 12.4 Å². The van der Waals surface area contributed by atoms with Crippen molar-refractivity contribution in [2.24, 2.45) is 5.92 Å². The first-order valence-corrected chi connectivity index (χ1v) is 8.60. The van der Waals surface area contributed by atoms with Gasteiger partial charge in [0.1, 0.15) is 6.04 Å². The molecule has 3 atom stereocenters. The van der Waals surface area contributed by atoms with Crippen LogP contribution in [0.1, 0.15) is 18.9 Å². The Balaban J connectivity index is 0.00000208. The van der Waals surface area contributed by atoms with Crippen molar-refractivity contribution in [1.82, 2.24) is 15.5 Å². The zero-order chi connectivity index (χ0) is 16.1. The monoisotopic (exact) mass is 353 g/mol. The maximum atomic E-state index is 12.3. The standard InChI is InChI=1S/C18H27N3O2.ClH/c1-14(20-18(22)17-13-23-10-8-19-17)16-7-9-21(12-16)11-15-5-3-2-4-6-15;/h2-6,14,16-17,19H,7-13H2,1H3,(H,20,22);1H. The summed E-state index contributed by atoms with van der Waals surface area (Å²) in [5.41, 5.74) is 1.35. The van der Waals surface area contributed by atoms with Gasteiger partial charge in [0, 0.05) is 25.7 Å². The van der Waals surface area contributed by atoms with E-state index in [4.69, 9.17) is 4.74 Å². The van der Waals surface area contributed by atoms with Crippen molar-refractivity contribution in [3.63, 3.8) is 0 Å². The van der Waals surface area contributed by atoms with Crippen LogP contribution in [0.3, 0.4) is 0 Å². The van der Waals surface area contributed by atoms with Gasteiger partial charge in [0.15, 0.2) is 0 Å². The van der Waals surface area contributed by atoms with E-state index in [1.165, 1.54) is 5.56 Å². The summed E-state index contributed by atoms with van der Waals surface area (Å²) < 4.78 is 5.36. The number of hydrogen-bond donors (Lipinski definition) is 2. The molecule has 0 aliphatic carbocycles. The molecular weight excluding hydrogens is 326 g/mol. The third-order valence-electron chi connectivity index (χ3n) is 4.87. The number of carbonyl (C=O) groups excluding carboxylic acids is 1. The predicted molar refractivity (Wildman–Crippen MR) is 97.3 cm³/mol. The van der Waals surface area contributed by atoms with Crippen molar-refractivity contribution in [2.75, 3.05) is 32.8 Å². The van der Waals surface area contributed by atoms with E-state index in [1.807, 2.05) is 0 Å². The summed E-state index contributed by atoms with van der Waals surface area (Å²) in [5.74, 6) is 0.589. The van der Waals surface area contributed by atoms with E-state index in [0.717, 1.165) is 32.6 Å². The topological polar surface area (TPSA) is 53.6 Å². The Morgan fingerprint density at radius 3 is 2.92 bits per heavy atom. The minimum Gasteiger partial charge on any atom is -0.378 e. The van der Waals surface area contributed by atoms with E-state index in [-0.39, 0.29) is 30.4 Å². The summed E-state index contributed by atoms with van der Waals surface area (Å²) in [5, 5.41) is 6.38. The molecule has 0 spiro atoms. The van der Waals surface area contributed by atoms with Gasteiger partial charge in [0.05, 0.1) is 13.2 Å². The molecule has 134 valence electrons. The van der Waals surface area contributed by atoms with Gasteiger partial charge >= 0.3 is 0 Å². The van der Waals surface area contributed by atoms with Gasteiger partial charge in [0.2, 0.25) is 5.91 Å². The number of ether oxygens (including phenoxy) is 1. The number of nitrogens with zero attached hydrogens (tertiary/aromatic N) is 1.